The number of hydrogen-bond acceptors (Lipinski definition) is 2. The molecule has 17 heavy (non-hydrogen) atoms. The van der Waals surface area contributed by atoms with Crippen LogP contribution in [0.15, 0.2) is 18.2 Å². The fourth-order valence-electron chi connectivity index (χ4n) is 2.55. The van der Waals surface area contributed by atoms with E-state index in [0.29, 0.717) is 6.04 Å². The van der Waals surface area contributed by atoms with Gasteiger partial charge < -0.3 is 9.45 Å². The lowest BCUT2D eigenvalue weighted by atomic mass is 9.85. The van der Waals surface area contributed by atoms with E-state index in [2.05, 4.69) is 25.1 Å². The van der Waals surface area contributed by atoms with Crippen molar-refractivity contribution < 1.29 is 8.76 Å². The normalized spacial score (nSPS) is 21.3. The fourth-order valence-corrected chi connectivity index (χ4v) is 3.09. The molecule has 0 saturated heterocycles. The van der Waals surface area contributed by atoms with Gasteiger partial charge >= 0.3 is 0 Å². The first kappa shape index (κ1) is 12.7. The lowest BCUT2D eigenvalue weighted by Crippen LogP contribution is -2.34. The van der Waals surface area contributed by atoms with Crippen LogP contribution in [0.25, 0.3) is 0 Å². The summed E-state index contributed by atoms with van der Waals surface area (Å²) in [6.45, 7) is 0. The van der Waals surface area contributed by atoms with E-state index in [1.807, 2.05) is 12.1 Å². The largest absolute Gasteiger partial charge is 0.306 e. The maximum absolute atomic E-state index is 11.0. The highest BCUT2D eigenvalue weighted by Crippen LogP contribution is 2.27. The van der Waals surface area contributed by atoms with Gasteiger partial charge in [-0.2, -0.15) is 0 Å². The lowest BCUT2D eigenvalue weighted by molar-refractivity contribution is 0.267. The van der Waals surface area contributed by atoms with Crippen LogP contribution < -0.4 is 0 Å². The molecule has 2 rings (SSSR count). The van der Waals surface area contributed by atoms with Crippen LogP contribution in [0.3, 0.4) is 0 Å². The van der Waals surface area contributed by atoms with E-state index < -0.39 is 11.1 Å². The zero-order valence-electron chi connectivity index (χ0n) is 10.3. The number of aryl methyl sites for hydroxylation is 1. The van der Waals surface area contributed by atoms with E-state index in [-0.39, 0.29) is 5.75 Å². The summed E-state index contributed by atoms with van der Waals surface area (Å²) in [5.74, 6) is 0.253. The van der Waals surface area contributed by atoms with E-state index >= 15 is 0 Å². The third-order valence-corrected chi connectivity index (χ3v) is 4.12. The minimum absolute atomic E-state index is 0.253. The summed E-state index contributed by atoms with van der Waals surface area (Å²) in [5.41, 5.74) is 3.68. The molecule has 0 radical (unpaired) electrons. The Morgan fingerprint density at radius 1 is 1.47 bits per heavy atom. The highest BCUT2D eigenvalue weighted by molar-refractivity contribution is 7.78. The molecular weight excluding hydrogens is 234 g/mol. The number of benzene rings is 1. The van der Waals surface area contributed by atoms with Crippen LogP contribution in [-0.2, 0) is 29.7 Å². The Labute approximate surface area is 105 Å². The van der Waals surface area contributed by atoms with Crippen LogP contribution in [0.4, 0.5) is 0 Å². The van der Waals surface area contributed by atoms with E-state index in [9.17, 15) is 4.21 Å². The quantitative estimate of drug-likeness (QED) is 0.835. The minimum atomic E-state index is -1.75. The van der Waals surface area contributed by atoms with Crippen LogP contribution >= 0.6 is 0 Å². The summed E-state index contributed by atoms with van der Waals surface area (Å²) in [5, 5.41) is 0. The molecule has 0 spiro atoms. The van der Waals surface area contributed by atoms with Crippen molar-refractivity contribution in [2.45, 2.75) is 31.1 Å². The average molecular weight is 253 g/mol. The predicted molar refractivity (Wildman–Crippen MR) is 70.4 cm³/mol. The van der Waals surface area contributed by atoms with Gasteiger partial charge in [0.05, 0.1) is 5.75 Å². The molecule has 0 saturated carbocycles. The predicted octanol–water partition coefficient (Wildman–Crippen LogP) is 1.83. The molecule has 0 aromatic heterocycles. The van der Waals surface area contributed by atoms with Crippen molar-refractivity contribution in [2.24, 2.45) is 0 Å². The Hall–Kier alpha value is -0.710. The Bertz CT molecular complexity index is 431. The SMILES string of the molecule is CN(C)C1CCc2cccc(CS(=O)O)c2C1. The van der Waals surface area contributed by atoms with Crippen LogP contribution in [0.1, 0.15) is 23.1 Å². The van der Waals surface area contributed by atoms with Gasteiger partial charge in [0.25, 0.3) is 0 Å². The topological polar surface area (TPSA) is 40.5 Å². The average Bonchev–Trinajstić information content (AvgIpc) is 2.28. The molecule has 94 valence electrons. The lowest BCUT2D eigenvalue weighted by Gasteiger charge is -2.31. The molecular formula is C13H19NO2S. The van der Waals surface area contributed by atoms with Crippen molar-refractivity contribution in [3.63, 3.8) is 0 Å². The van der Waals surface area contributed by atoms with Gasteiger partial charge in [-0.25, -0.2) is 4.21 Å². The minimum Gasteiger partial charge on any atom is -0.306 e. The molecule has 1 aromatic carbocycles. The Morgan fingerprint density at radius 3 is 2.88 bits per heavy atom. The van der Waals surface area contributed by atoms with Crippen molar-refractivity contribution in [3.05, 3.63) is 34.9 Å². The Morgan fingerprint density at radius 2 is 2.24 bits per heavy atom. The number of hydrogen-bond donors (Lipinski definition) is 1. The van der Waals surface area contributed by atoms with Crippen LogP contribution in [0.2, 0.25) is 0 Å². The molecule has 0 bridgehead atoms. The zero-order chi connectivity index (χ0) is 12.4. The van der Waals surface area contributed by atoms with Crippen molar-refractivity contribution in [2.75, 3.05) is 14.1 Å². The van der Waals surface area contributed by atoms with Gasteiger partial charge in [0.15, 0.2) is 11.1 Å². The molecule has 2 atom stereocenters. The first-order chi connectivity index (χ1) is 8.08. The van der Waals surface area contributed by atoms with Crippen molar-refractivity contribution in [1.82, 2.24) is 4.90 Å². The molecule has 1 aliphatic carbocycles. The molecule has 0 heterocycles. The standard InChI is InChI=1S/C13H19NO2S/c1-14(2)12-7-6-10-4-3-5-11(9-17(15)16)13(10)8-12/h3-5,12H,6-9H2,1-2H3,(H,15,16). The highest BCUT2D eigenvalue weighted by Gasteiger charge is 2.22. The van der Waals surface area contributed by atoms with Gasteiger partial charge in [-0.05, 0) is 50.0 Å². The fraction of sp³-hybridized carbons (Fsp3) is 0.538. The maximum Gasteiger partial charge on any atom is 0.157 e. The summed E-state index contributed by atoms with van der Waals surface area (Å²) in [6, 6.07) is 6.67. The smallest absolute Gasteiger partial charge is 0.157 e. The van der Waals surface area contributed by atoms with E-state index in [1.54, 1.807) is 0 Å². The number of nitrogens with zero attached hydrogens (tertiary/aromatic N) is 1. The molecule has 0 amide bonds. The van der Waals surface area contributed by atoms with E-state index in [0.717, 1.165) is 18.4 Å². The molecule has 0 fully saturated rings. The molecule has 4 heteroatoms. The first-order valence-corrected chi connectivity index (χ1v) is 7.19. The summed E-state index contributed by atoms with van der Waals surface area (Å²) in [7, 11) is 4.20. The number of likely N-dealkylation sites (N-methyl/N-ethyl adjacent to an activating group) is 1. The Kier molecular flexibility index (Phi) is 3.97. The maximum atomic E-state index is 11.0. The van der Waals surface area contributed by atoms with E-state index in [4.69, 9.17) is 4.55 Å². The van der Waals surface area contributed by atoms with Gasteiger partial charge in [0, 0.05) is 6.04 Å². The molecule has 3 nitrogen and oxygen atoms in total. The number of rotatable bonds is 3. The van der Waals surface area contributed by atoms with Gasteiger partial charge in [0.2, 0.25) is 0 Å². The molecule has 0 aliphatic heterocycles. The van der Waals surface area contributed by atoms with Crippen molar-refractivity contribution >= 4 is 11.1 Å². The van der Waals surface area contributed by atoms with Crippen LogP contribution in [-0.4, -0.2) is 33.8 Å². The van der Waals surface area contributed by atoms with Gasteiger partial charge in [0.1, 0.15) is 0 Å². The second-order valence-electron chi connectivity index (χ2n) is 4.88. The number of fused-ring (bicyclic) bond motifs is 1. The summed E-state index contributed by atoms with van der Waals surface area (Å²) in [6.07, 6.45) is 3.24. The highest BCUT2D eigenvalue weighted by atomic mass is 32.2. The molecule has 2 unspecified atom stereocenters. The Balaban J connectivity index is 2.29. The van der Waals surface area contributed by atoms with Gasteiger partial charge in [-0.1, -0.05) is 18.2 Å². The van der Waals surface area contributed by atoms with Gasteiger partial charge in [-0.15, -0.1) is 0 Å². The van der Waals surface area contributed by atoms with Crippen LogP contribution in [0, 0.1) is 0 Å². The second-order valence-corrected chi connectivity index (χ2v) is 5.81. The van der Waals surface area contributed by atoms with Gasteiger partial charge in [-0.3, -0.25) is 0 Å². The third kappa shape index (κ3) is 2.94. The van der Waals surface area contributed by atoms with Crippen molar-refractivity contribution in [3.8, 4) is 0 Å². The van der Waals surface area contributed by atoms with Crippen LogP contribution in [0.5, 0.6) is 0 Å². The second kappa shape index (κ2) is 5.29. The monoisotopic (exact) mass is 253 g/mol. The van der Waals surface area contributed by atoms with Crippen molar-refractivity contribution in [1.29, 1.82) is 0 Å². The zero-order valence-corrected chi connectivity index (χ0v) is 11.2. The first-order valence-electron chi connectivity index (χ1n) is 5.91. The molecule has 1 aromatic rings. The summed E-state index contributed by atoms with van der Waals surface area (Å²) >= 11 is -1.75. The van der Waals surface area contributed by atoms with E-state index in [1.165, 1.54) is 17.5 Å². The third-order valence-electron chi connectivity index (χ3n) is 3.57. The molecule has 1 N–H and O–H groups in total. The molecule has 1 aliphatic rings. The summed E-state index contributed by atoms with van der Waals surface area (Å²) in [4.78, 5) is 2.25. The summed E-state index contributed by atoms with van der Waals surface area (Å²) < 4.78 is 20.0.